The maximum atomic E-state index is 13.9. The summed E-state index contributed by atoms with van der Waals surface area (Å²) in [5.74, 6) is 0.517. The third-order valence-electron chi connectivity index (χ3n) is 7.21. The molecule has 0 saturated heterocycles. The van der Waals surface area contributed by atoms with Gasteiger partial charge in [-0.3, -0.25) is 19.7 Å². The van der Waals surface area contributed by atoms with E-state index in [0.717, 1.165) is 22.0 Å². The lowest BCUT2D eigenvalue weighted by molar-refractivity contribution is -0.384. The molecule has 0 fully saturated rings. The van der Waals surface area contributed by atoms with Crippen molar-refractivity contribution in [2.75, 3.05) is 47.6 Å². The smallest absolute Gasteiger partial charge is 0.269 e. The number of nitrogens with zero attached hydrogens (tertiary/aromatic N) is 3. The molecule has 1 N–H and O–H groups in total. The molecule has 4 aromatic rings. The van der Waals surface area contributed by atoms with Crippen LogP contribution in [0.3, 0.4) is 0 Å². The van der Waals surface area contributed by atoms with Gasteiger partial charge in [-0.1, -0.05) is 24.3 Å². The van der Waals surface area contributed by atoms with Crippen LogP contribution in [0.1, 0.15) is 27.9 Å². The third-order valence-corrected chi connectivity index (χ3v) is 7.21. The van der Waals surface area contributed by atoms with Gasteiger partial charge >= 0.3 is 0 Å². The van der Waals surface area contributed by atoms with E-state index in [-0.39, 0.29) is 36.2 Å². The maximum Gasteiger partial charge on any atom is 0.269 e. The normalized spacial score (nSPS) is 10.9. The number of rotatable bonds is 15. The number of non-ortho nitro benzene ring substituents is 1. The molecular weight excluding hydrogens is 552 g/mol. The topological polar surface area (TPSA) is 127 Å². The van der Waals surface area contributed by atoms with Crippen molar-refractivity contribution in [1.82, 2.24) is 14.8 Å². The monoisotopic (exact) mass is 588 g/mol. The molecular formula is C32H36N4O7. The summed E-state index contributed by atoms with van der Waals surface area (Å²) in [5.41, 5.74) is 3.10. The van der Waals surface area contributed by atoms with Gasteiger partial charge in [0.05, 0.1) is 19.1 Å². The van der Waals surface area contributed by atoms with Crippen molar-refractivity contribution >= 4 is 28.4 Å². The van der Waals surface area contributed by atoms with Gasteiger partial charge in [0.2, 0.25) is 5.91 Å². The van der Waals surface area contributed by atoms with Crippen LogP contribution >= 0.6 is 0 Å². The number of aromatic amines is 1. The number of aromatic nitrogens is 1. The number of ether oxygens (including phenoxy) is 3. The number of benzene rings is 3. The number of nitrogens with one attached hydrogen (secondary N) is 1. The van der Waals surface area contributed by atoms with Crippen molar-refractivity contribution in [3.63, 3.8) is 0 Å². The Morgan fingerprint density at radius 2 is 1.65 bits per heavy atom. The first-order chi connectivity index (χ1) is 20.8. The zero-order valence-electron chi connectivity index (χ0n) is 24.6. The van der Waals surface area contributed by atoms with E-state index in [9.17, 15) is 19.7 Å². The number of H-pyrrole nitrogens is 1. The van der Waals surface area contributed by atoms with Crippen molar-refractivity contribution in [2.24, 2.45) is 0 Å². The quantitative estimate of drug-likeness (QED) is 0.120. The molecule has 0 bridgehead atoms. The van der Waals surface area contributed by atoms with Crippen molar-refractivity contribution in [3.05, 3.63) is 99.7 Å². The molecule has 4 rings (SSSR count). The Hall–Kier alpha value is -4.90. The van der Waals surface area contributed by atoms with E-state index < -0.39 is 4.92 Å². The molecule has 1 heterocycles. The van der Waals surface area contributed by atoms with E-state index in [4.69, 9.17) is 14.2 Å². The molecule has 1 aromatic heterocycles. The molecule has 3 aromatic carbocycles. The molecule has 0 atom stereocenters. The Labute approximate surface area is 250 Å². The van der Waals surface area contributed by atoms with Gasteiger partial charge in [-0.25, -0.2) is 0 Å². The van der Waals surface area contributed by atoms with E-state index in [1.807, 2.05) is 42.6 Å². The fraction of sp³-hybridized carbons (Fsp3) is 0.312. The fourth-order valence-electron chi connectivity index (χ4n) is 4.91. The minimum Gasteiger partial charge on any atom is -0.493 e. The highest BCUT2D eigenvalue weighted by Gasteiger charge is 2.24. The van der Waals surface area contributed by atoms with Crippen LogP contribution in [0.25, 0.3) is 10.9 Å². The number of fused-ring (bicyclic) bond motifs is 1. The van der Waals surface area contributed by atoms with Crippen molar-refractivity contribution in [1.29, 1.82) is 0 Å². The molecule has 0 unspecified atom stereocenters. The fourth-order valence-corrected chi connectivity index (χ4v) is 4.91. The molecule has 0 aliphatic heterocycles. The van der Waals surface area contributed by atoms with Crippen molar-refractivity contribution < 1.29 is 28.7 Å². The summed E-state index contributed by atoms with van der Waals surface area (Å²) >= 11 is 0. The molecule has 0 radical (unpaired) electrons. The van der Waals surface area contributed by atoms with Crippen LogP contribution in [-0.4, -0.2) is 79.1 Å². The van der Waals surface area contributed by atoms with Crippen molar-refractivity contribution in [3.8, 4) is 11.5 Å². The Balaban J connectivity index is 1.58. The molecule has 11 heteroatoms. The summed E-state index contributed by atoms with van der Waals surface area (Å²) in [6, 6.07) is 18.9. The second-order valence-electron chi connectivity index (χ2n) is 9.99. The lowest BCUT2D eigenvalue weighted by atomic mass is 10.1. The number of hydrogen-bond donors (Lipinski definition) is 1. The number of methoxy groups -OCH3 is 3. The number of nitro benzene ring substituents is 1. The van der Waals surface area contributed by atoms with Crippen LogP contribution < -0.4 is 9.47 Å². The summed E-state index contributed by atoms with van der Waals surface area (Å²) in [6.45, 7) is 1.22. The van der Waals surface area contributed by atoms with Crippen molar-refractivity contribution in [2.45, 2.75) is 19.4 Å². The van der Waals surface area contributed by atoms with Crippen LogP contribution in [0.15, 0.2) is 72.9 Å². The molecule has 2 amide bonds. The van der Waals surface area contributed by atoms with Crippen LogP contribution in [-0.2, 0) is 22.5 Å². The first-order valence-electron chi connectivity index (χ1n) is 13.9. The number of para-hydroxylation sites is 1. The summed E-state index contributed by atoms with van der Waals surface area (Å²) in [4.78, 5) is 44.5. The highest BCUT2D eigenvalue weighted by Crippen LogP contribution is 2.28. The summed E-state index contributed by atoms with van der Waals surface area (Å²) in [7, 11) is 4.70. The summed E-state index contributed by atoms with van der Waals surface area (Å²) in [5, 5.41) is 12.2. The maximum absolute atomic E-state index is 13.9. The highest BCUT2D eigenvalue weighted by atomic mass is 16.6. The van der Waals surface area contributed by atoms with Gasteiger partial charge < -0.3 is 29.0 Å². The Morgan fingerprint density at radius 1 is 0.907 bits per heavy atom. The predicted molar refractivity (Wildman–Crippen MR) is 162 cm³/mol. The van der Waals surface area contributed by atoms with E-state index in [0.29, 0.717) is 44.0 Å². The molecule has 0 spiro atoms. The number of hydrogen-bond acceptors (Lipinski definition) is 7. The van der Waals surface area contributed by atoms with Crippen LogP contribution in [0.2, 0.25) is 0 Å². The summed E-state index contributed by atoms with van der Waals surface area (Å²) < 4.78 is 16.0. The van der Waals surface area contributed by atoms with Gasteiger partial charge in [0.15, 0.2) is 11.5 Å². The first-order valence-corrected chi connectivity index (χ1v) is 13.9. The van der Waals surface area contributed by atoms with Gasteiger partial charge in [0.25, 0.3) is 11.6 Å². The minimum absolute atomic E-state index is 0.114. The number of amides is 2. The second kappa shape index (κ2) is 14.8. The van der Waals surface area contributed by atoms with Gasteiger partial charge in [0.1, 0.15) is 6.54 Å². The predicted octanol–water partition coefficient (Wildman–Crippen LogP) is 4.84. The average molecular weight is 589 g/mol. The van der Waals surface area contributed by atoms with Gasteiger partial charge in [-0.15, -0.1) is 0 Å². The summed E-state index contributed by atoms with van der Waals surface area (Å²) in [6.07, 6.45) is 3.08. The lowest BCUT2D eigenvalue weighted by Gasteiger charge is -2.28. The van der Waals surface area contributed by atoms with E-state index >= 15 is 0 Å². The van der Waals surface area contributed by atoms with Crippen LogP contribution in [0.5, 0.6) is 11.5 Å². The van der Waals surface area contributed by atoms with Crippen LogP contribution in [0.4, 0.5) is 5.69 Å². The molecule has 226 valence electrons. The second-order valence-corrected chi connectivity index (χ2v) is 9.99. The van der Waals surface area contributed by atoms with Gasteiger partial charge in [-0.05, 0) is 54.3 Å². The molecule has 0 saturated carbocycles. The van der Waals surface area contributed by atoms with E-state index in [1.54, 1.807) is 32.3 Å². The third kappa shape index (κ3) is 7.89. The number of carbonyl (C=O) groups excluding carboxylic acids is 2. The van der Waals surface area contributed by atoms with Gasteiger partial charge in [0, 0.05) is 68.1 Å². The molecule has 11 nitrogen and oxygen atoms in total. The lowest BCUT2D eigenvalue weighted by Crippen LogP contribution is -2.44. The van der Waals surface area contributed by atoms with Crippen LogP contribution in [0, 0.1) is 10.1 Å². The standard InChI is InChI=1S/C32H36N4O7/c1-41-18-6-16-35(32(38)24-10-12-26(13-11-24)36(39)40)22-31(37)34(21-23-9-14-29(42-2)30(19-23)43-3)17-15-25-20-33-28-8-5-4-7-27(25)28/h4-5,7-14,19-20,33H,6,15-18,21-22H2,1-3H3. The highest BCUT2D eigenvalue weighted by molar-refractivity contribution is 5.96. The molecule has 43 heavy (non-hydrogen) atoms. The Bertz CT molecular complexity index is 1550. The Kier molecular flexibility index (Phi) is 10.7. The zero-order chi connectivity index (χ0) is 30.8. The average Bonchev–Trinajstić information content (AvgIpc) is 3.45. The largest absolute Gasteiger partial charge is 0.493 e. The number of nitro groups is 1. The van der Waals surface area contributed by atoms with Gasteiger partial charge in [-0.2, -0.15) is 0 Å². The SMILES string of the molecule is COCCCN(CC(=O)N(CCc1c[nH]c2ccccc12)Cc1ccc(OC)c(OC)c1)C(=O)c1ccc([N+](=O)[O-])cc1. The number of carbonyl (C=O) groups is 2. The first kappa shape index (κ1) is 31.0. The zero-order valence-corrected chi connectivity index (χ0v) is 24.6. The molecule has 0 aliphatic carbocycles. The Morgan fingerprint density at radius 3 is 2.35 bits per heavy atom. The van der Waals surface area contributed by atoms with E-state index in [2.05, 4.69) is 4.98 Å². The van der Waals surface area contributed by atoms with E-state index in [1.165, 1.54) is 29.2 Å². The minimum atomic E-state index is -0.520. The molecule has 0 aliphatic rings.